The van der Waals surface area contributed by atoms with Crippen LogP contribution in [0.5, 0.6) is 0 Å². The summed E-state index contributed by atoms with van der Waals surface area (Å²) in [5, 5.41) is 15.0. The minimum absolute atomic E-state index is 0.169. The fraction of sp³-hybridized carbons (Fsp3) is 0.385. The van der Waals surface area contributed by atoms with Crippen molar-refractivity contribution in [1.82, 2.24) is 0 Å². The largest absolute Gasteiger partial charge is 0.372 e. The van der Waals surface area contributed by atoms with E-state index in [0.29, 0.717) is 12.3 Å². The number of azo groups is 1. The topological polar surface area (TPSA) is 64.2 Å². The van der Waals surface area contributed by atoms with Crippen molar-refractivity contribution in [2.45, 2.75) is 13.8 Å². The molecule has 0 bridgehead atoms. The van der Waals surface area contributed by atoms with Crippen LogP contribution < -0.4 is 4.90 Å². The molecule has 0 saturated carbocycles. The number of anilines is 1. The van der Waals surface area contributed by atoms with Crippen LogP contribution in [-0.2, 0) is 0 Å². The number of benzene rings is 1. The van der Waals surface area contributed by atoms with E-state index < -0.39 is 0 Å². The summed E-state index contributed by atoms with van der Waals surface area (Å²) in [7, 11) is 0. The Kier molecular flexibility index (Phi) is 3.82. The van der Waals surface area contributed by atoms with Gasteiger partial charge in [0.2, 0.25) is 0 Å². The van der Waals surface area contributed by atoms with Crippen molar-refractivity contribution in [3.8, 4) is 0 Å². The molecular formula is C13H17N5. The fourth-order valence-corrected chi connectivity index (χ4v) is 1.88. The van der Waals surface area contributed by atoms with E-state index in [0.717, 1.165) is 18.8 Å². The first-order chi connectivity index (χ1) is 8.74. The first-order valence-electron chi connectivity index (χ1n) is 6.13. The molecule has 0 atom stereocenters. The lowest BCUT2D eigenvalue weighted by Crippen LogP contribution is -2.21. The highest BCUT2D eigenvalue weighted by molar-refractivity contribution is 6.42. The molecule has 1 aromatic rings. The predicted octanol–water partition coefficient (Wildman–Crippen LogP) is 3.05. The van der Waals surface area contributed by atoms with E-state index in [1.807, 2.05) is 12.1 Å². The molecule has 1 aliphatic rings. The van der Waals surface area contributed by atoms with Gasteiger partial charge < -0.3 is 4.90 Å². The molecule has 1 aliphatic heterocycles. The number of amidine groups is 1. The van der Waals surface area contributed by atoms with E-state index in [9.17, 15) is 0 Å². The number of hydrogen-bond donors (Lipinski definition) is 1. The summed E-state index contributed by atoms with van der Waals surface area (Å²) in [6.45, 7) is 6.68. The lowest BCUT2D eigenvalue weighted by atomic mass is 10.2. The van der Waals surface area contributed by atoms with E-state index in [2.05, 4.69) is 46.1 Å². The standard InChI is InChI=1S/C13H17N5/c1-3-18(4-2)11-7-5-10(6-8-11)16-12-9-15-17-13(12)14/h5-8,14H,3-4,9H2,1-2H3. The van der Waals surface area contributed by atoms with E-state index in [-0.39, 0.29) is 5.84 Å². The highest BCUT2D eigenvalue weighted by Crippen LogP contribution is 2.20. The molecule has 0 spiro atoms. The van der Waals surface area contributed by atoms with E-state index in [1.54, 1.807) is 0 Å². The van der Waals surface area contributed by atoms with E-state index in [1.165, 1.54) is 5.69 Å². The molecule has 0 amide bonds. The van der Waals surface area contributed by atoms with Gasteiger partial charge in [0, 0.05) is 18.8 Å². The smallest absolute Gasteiger partial charge is 0.190 e. The molecule has 0 saturated heterocycles. The minimum Gasteiger partial charge on any atom is -0.372 e. The van der Waals surface area contributed by atoms with Crippen LogP contribution in [0.3, 0.4) is 0 Å². The highest BCUT2D eigenvalue weighted by Gasteiger charge is 2.12. The highest BCUT2D eigenvalue weighted by atomic mass is 15.2. The number of aliphatic imine (C=N–C) groups is 1. The second kappa shape index (κ2) is 5.53. The van der Waals surface area contributed by atoms with Crippen LogP contribution in [0.25, 0.3) is 0 Å². The Morgan fingerprint density at radius 2 is 1.89 bits per heavy atom. The Labute approximate surface area is 107 Å². The molecule has 94 valence electrons. The maximum Gasteiger partial charge on any atom is 0.190 e. The molecule has 0 aliphatic carbocycles. The van der Waals surface area contributed by atoms with Crippen molar-refractivity contribution >= 4 is 22.9 Å². The molecule has 0 fully saturated rings. The molecule has 0 radical (unpaired) electrons. The molecule has 5 heteroatoms. The number of nitrogens with zero attached hydrogens (tertiary/aromatic N) is 4. The van der Waals surface area contributed by atoms with Crippen LogP contribution in [0, 0.1) is 5.41 Å². The third-order valence-electron chi connectivity index (χ3n) is 2.91. The lowest BCUT2D eigenvalue weighted by molar-refractivity contribution is 0.866. The van der Waals surface area contributed by atoms with Gasteiger partial charge in [0.1, 0.15) is 12.3 Å². The molecule has 0 unspecified atom stereocenters. The molecule has 1 aromatic carbocycles. The molecular weight excluding hydrogens is 226 g/mol. The van der Waals surface area contributed by atoms with Gasteiger partial charge in [-0.3, -0.25) is 5.41 Å². The molecule has 1 heterocycles. The number of hydrogen-bond acceptors (Lipinski definition) is 4. The third kappa shape index (κ3) is 2.61. The summed E-state index contributed by atoms with van der Waals surface area (Å²) in [6, 6.07) is 8.04. The molecule has 5 nitrogen and oxygen atoms in total. The lowest BCUT2D eigenvalue weighted by Gasteiger charge is -2.20. The van der Waals surface area contributed by atoms with Gasteiger partial charge in [-0.1, -0.05) is 0 Å². The van der Waals surface area contributed by atoms with Gasteiger partial charge in [-0.2, -0.15) is 5.11 Å². The molecule has 1 N–H and O–H groups in total. The van der Waals surface area contributed by atoms with Crippen molar-refractivity contribution in [2.24, 2.45) is 15.2 Å². The van der Waals surface area contributed by atoms with Crippen LogP contribution in [0.2, 0.25) is 0 Å². The van der Waals surface area contributed by atoms with E-state index in [4.69, 9.17) is 5.41 Å². The average Bonchev–Trinajstić information content (AvgIpc) is 2.79. The monoisotopic (exact) mass is 243 g/mol. The zero-order valence-corrected chi connectivity index (χ0v) is 10.7. The van der Waals surface area contributed by atoms with Crippen molar-refractivity contribution < 1.29 is 0 Å². The SMILES string of the molecule is CCN(CC)c1ccc(N=C2CN=NC2=N)cc1. The second-order valence-electron chi connectivity index (χ2n) is 4.00. The second-order valence-corrected chi connectivity index (χ2v) is 4.00. The Balaban J connectivity index is 2.15. The fourth-order valence-electron chi connectivity index (χ4n) is 1.88. The predicted molar refractivity (Wildman–Crippen MR) is 74.5 cm³/mol. The Hall–Kier alpha value is -2.04. The van der Waals surface area contributed by atoms with Gasteiger partial charge in [0.05, 0.1) is 5.69 Å². The Morgan fingerprint density at radius 1 is 1.22 bits per heavy atom. The minimum atomic E-state index is 0.169. The van der Waals surface area contributed by atoms with Crippen molar-refractivity contribution in [1.29, 1.82) is 5.41 Å². The first-order valence-corrected chi connectivity index (χ1v) is 6.13. The molecule has 0 aromatic heterocycles. The van der Waals surface area contributed by atoms with E-state index >= 15 is 0 Å². The average molecular weight is 243 g/mol. The third-order valence-corrected chi connectivity index (χ3v) is 2.91. The normalized spacial score (nSPS) is 16.6. The Bertz CT molecular complexity index is 483. The summed E-state index contributed by atoms with van der Waals surface area (Å²) in [6.07, 6.45) is 0. The Morgan fingerprint density at radius 3 is 2.39 bits per heavy atom. The van der Waals surface area contributed by atoms with Crippen molar-refractivity contribution in [3.63, 3.8) is 0 Å². The zero-order chi connectivity index (χ0) is 13.0. The van der Waals surface area contributed by atoms with Crippen LogP contribution in [-0.4, -0.2) is 31.2 Å². The maximum absolute atomic E-state index is 7.53. The van der Waals surface area contributed by atoms with Gasteiger partial charge in [-0.25, -0.2) is 4.99 Å². The van der Waals surface area contributed by atoms with Crippen LogP contribution in [0.4, 0.5) is 11.4 Å². The van der Waals surface area contributed by atoms with Gasteiger partial charge in [-0.15, -0.1) is 5.11 Å². The summed E-state index contributed by atoms with van der Waals surface area (Å²) in [5.74, 6) is 0.169. The van der Waals surface area contributed by atoms with Crippen molar-refractivity contribution in [2.75, 3.05) is 24.5 Å². The summed E-state index contributed by atoms with van der Waals surface area (Å²) in [5.41, 5.74) is 2.67. The maximum atomic E-state index is 7.53. The van der Waals surface area contributed by atoms with Gasteiger partial charge in [0.15, 0.2) is 5.84 Å². The van der Waals surface area contributed by atoms with Crippen molar-refractivity contribution in [3.05, 3.63) is 24.3 Å². The number of nitrogens with one attached hydrogen (secondary N) is 1. The molecule has 2 rings (SSSR count). The zero-order valence-electron chi connectivity index (χ0n) is 10.7. The first kappa shape index (κ1) is 12.4. The summed E-state index contributed by atoms with van der Waals surface area (Å²) >= 11 is 0. The van der Waals surface area contributed by atoms with Gasteiger partial charge in [0.25, 0.3) is 0 Å². The molecule has 18 heavy (non-hydrogen) atoms. The quantitative estimate of drug-likeness (QED) is 0.867. The van der Waals surface area contributed by atoms with Crippen LogP contribution in [0.1, 0.15) is 13.8 Å². The van der Waals surface area contributed by atoms with Crippen LogP contribution >= 0.6 is 0 Å². The summed E-state index contributed by atoms with van der Waals surface area (Å²) in [4.78, 5) is 6.65. The van der Waals surface area contributed by atoms with Gasteiger partial charge >= 0.3 is 0 Å². The summed E-state index contributed by atoms with van der Waals surface area (Å²) < 4.78 is 0. The number of rotatable bonds is 4. The van der Waals surface area contributed by atoms with Crippen LogP contribution in [0.15, 0.2) is 39.5 Å². The van der Waals surface area contributed by atoms with Gasteiger partial charge in [-0.05, 0) is 38.1 Å².